The maximum absolute atomic E-state index is 13.9. The predicted octanol–water partition coefficient (Wildman–Crippen LogP) is 2.63. The third-order valence-electron chi connectivity index (χ3n) is 4.54. The fraction of sp³-hybridized carbons (Fsp3) is 0.562. The fourth-order valence-electron chi connectivity index (χ4n) is 2.83. The van der Waals surface area contributed by atoms with Crippen molar-refractivity contribution in [2.24, 2.45) is 5.92 Å². The summed E-state index contributed by atoms with van der Waals surface area (Å²) in [6, 6.07) is 2.29. The normalized spacial score (nSPS) is 20.9. The van der Waals surface area contributed by atoms with Crippen LogP contribution in [-0.2, 0) is 0 Å². The predicted molar refractivity (Wildman–Crippen MR) is 77.2 cm³/mol. The van der Waals surface area contributed by atoms with Crippen LogP contribution in [-0.4, -0.2) is 23.3 Å². The van der Waals surface area contributed by atoms with Gasteiger partial charge in [0.1, 0.15) is 11.6 Å². The molecule has 120 valence electrons. The molecule has 2 fully saturated rings. The summed E-state index contributed by atoms with van der Waals surface area (Å²) >= 11 is 0. The Hall–Kier alpha value is -1.69. The molecule has 0 aromatic heterocycles. The highest BCUT2D eigenvalue weighted by molar-refractivity contribution is 5.74. The molecule has 3 rings (SSSR count). The lowest BCUT2D eigenvalue weighted by Crippen LogP contribution is -2.50. The van der Waals surface area contributed by atoms with Gasteiger partial charge in [0.15, 0.2) is 0 Å². The van der Waals surface area contributed by atoms with Crippen molar-refractivity contribution in [3.63, 3.8) is 0 Å². The van der Waals surface area contributed by atoms with Crippen LogP contribution in [0.1, 0.15) is 43.7 Å². The van der Waals surface area contributed by atoms with Gasteiger partial charge in [-0.25, -0.2) is 13.6 Å². The van der Waals surface area contributed by atoms with Crippen LogP contribution >= 0.6 is 0 Å². The molecule has 0 bridgehead atoms. The Labute approximate surface area is 127 Å². The molecule has 3 N–H and O–H groups in total. The second kappa shape index (κ2) is 5.83. The average Bonchev–Trinajstić information content (AvgIpc) is 3.28. The van der Waals surface area contributed by atoms with Gasteiger partial charge in [-0.15, -0.1) is 0 Å². The summed E-state index contributed by atoms with van der Waals surface area (Å²) in [5.41, 5.74) is -0.628. The zero-order valence-electron chi connectivity index (χ0n) is 12.2. The van der Waals surface area contributed by atoms with Crippen LogP contribution in [0, 0.1) is 17.6 Å². The number of hydrogen-bond donors (Lipinski definition) is 3. The summed E-state index contributed by atoms with van der Waals surface area (Å²) < 4.78 is 27.3. The maximum atomic E-state index is 13.9. The van der Waals surface area contributed by atoms with Crippen molar-refractivity contribution >= 4 is 6.03 Å². The molecule has 2 amide bonds. The number of carbonyl (C=O) groups is 1. The van der Waals surface area contributed by atoms with Crippen molar-refractivity contribution in [1.29, 1.82) is 0 Å². The van der Waals surface area contributed by atoms with Gasteiger partial charge in [-0.05, 0) is 56.2 Å². The van der Waals surface area contributed by atoms with E-state index in [1.807, 2.05) is 0 Å². The highest BCUT2D eigenvalue weighted by Crippen LogP contribution is 2.41. The van der Waals surface area contributed by atoms with Crippen LogP contribution in [0.3, 0.4) is 0 Å². The molecule has 0 unspecified atom stereocenters. The first kappa shape index (κ1) is 15.2. The van der Waals surface area contributed by atoms with E-state index in [0.29, 0.717) is 12.8 Å². The Morgan fingerprint density at radius 2 is 2.09 bits per heavy atom. The number of urea groups is 1. The molecule has 1 aromatic rings. The van der Waals surface area contributed by atoms with Crippen molar-refractivity contribution in [2.75, 3.05) is 6.54 Å². The molecule has 1 aromatic carbocycles. The van der Waals surface area contributed by atoms with E-state index in [0.717, 1.165) is 37.5 Å². The molecule has 2 aliphatic rings. The molecule has 0 aliphatic heterocycles. The molecule has 2 aliphatic carbocycles. The number of hydrogen-bond acceptors (Lipinski definition) is 2. The van der Waals surface area contributed by atoms with Crippen LogP contribution in [0.4, 0.5) is 13.6 Å². The molecule has 4 nitrogen and oxygen atoms in total. The standard InChI is InChI=1S/C16H20F2N2O2/c17-11-4-5-13(18)12(8-11)14(10-2-3-10)20-15(21)19-9-16(22)6-1-7-16/h4-5,8,10,14,22H,1-3,6-7,9H2,(H2,19,20,21)/t14-/m1/s1. The lowest BCUT2D eigenvalue weighted by atomic mass is 9.80. The van der Waals surface area contributed by atoms with Gasteiger partial charge in [-0.3, -0.25) is 0 Å². The number of halogens is 2. The van der Waals surface area contributed by atoms with Crippen molar-refractivity contribution in [3.05, 3.63) is 35.4 Å². The van der Waals surface area contributed by atoms with Gasteiger partial charge < -0.3 is 15.7 Å². The number of aliphatic hydroxyl groups is 1. The van der Waals surface area contributed by atoms with Gasteiger partial charge >= 0.3 is 6.03 Å². The summed E-state index contributed by atoms with van der Waals surface area (Å²) in [6.45, 7) is 0.182. The molecule has 0 saturated heterocycles. The van der Waals surface area contributed by atoms with E-state index in [2.05, 4.69) is 10.6 Å². The molecule has 2 saturated carbocycles. The van der Waals surface area contributed by atoms with Gasteiger partial charge in [0, 0.05) is 12.1 Å². The Bertz CT molecular complexity index is 571. The van der Waals surface area contributed by atoms with Crippen molar-refractivity contribution in [2.45, 2.75) is 43.7 Å². The zero-order chi connectivity index (χ0) is 15.7. The van der Waals surface area contributed by atoms with Crippen molar-refractivity contribution < 1.29 is 18.7 Å². The quantitative estimate of drug-likeness (QED) is 0.783. The highest BCUT2D eigenvalue weighted by Gasteiger charge is 2.37. The first-order chi connectivity index (χ1) is 10.5. The third-order valence-corrected chi connectivity index (χ3v) is 4.54. The number of rotatable bonds is 5. The number of benzene rings is 1. The van der Waals surface area contributed by atoms with Gasteiger partial charge in [-0.2, -0.15) is 0 Å². The van der Waals surface area contributed by atoms with Crippen LogP contribution in [0.2, 0.25) is 0 Å². The van der Waals surface area contributed by atoms with E-state index in [1.54, 1.807) is 0 Å². The number of nitrogens with one attached hydrogen (secondary N) is 2. The maximum Gasteiger partial charge on any atom is 0.315 e. The zero-order valence-corrected chi connectivity index (χ0v) is 12.2. The number of carbonyl (C=O) groups excluding carboxylic acids is 1. The van der Waals surface area contributed by atoms with Crippen LogP contribution in [0.25, 0.3) is 0 Å². The summed E-state index contributed by atoms with van der Waals surface area (Å²) in [6.07, 6.45) is 4.07. The van der Waals surface area contributed by atoms with Crippen LogP contribution in [0.15, 0.2) is 18.2 Å². The molecular formula is C16H20F2N2O2. The highest BCUT2D eigenvalue weighted by atomic mass is 19.1. The molecule has 1 atom stereocenters. The topological polar surface area (TPSA) is 61.4 Å². The van der Waals surface area contributed by atoms with Gasteiger partial charge in [0.05, 0.1) is 11.6 Å². The van der Waals surface area contributed by atoms with E-state index >= 15 is 0 Å². The Balaban J connectivity index is 1.64. The molecule has 0 heterocycles. The van der Waals surface area contributed by atoms with E-state index in [-0.39, 0.29) is 18.0 Å². The minimum absolute atomic E-state index is 0.133. The Morgan fingerprint density at radius 1 is 1.36 bits per heavy atom. The van der Waals surface area contributed by atoms with Crippen LogP contribution < -0.4 is 10.6 Å². The molecule has 0 spiro atoms. The summed E-state index contributed by atoms with van der Waals surface area (Å²) in [7, 11) is 0. The summed E-state index contributed by atoms with van der Waals surface area (Å²) in [5, 5.41) is 15.3. The van der Waals surface area contributed by atoms with Crippen molar-refractivity contribution in [1.82, 2.24) is 10.6 Å². The molecule has 22 heavy (non-hydrogen) atoms. The van der Waals surface area contributed by atoms with Gasteiger partial charge in [0.25, 0.3) is 0 Å². The Kier molecular flexibility index (Phi) is 4.04. The Morgan fingerprint density at radius 3 is 2.68 bits per heavy atom. The third kappa shape index (κ3) is 3.38. The second-order valence-corrected chi connectivity index (χ2v) is 6.39. The first-order valence-electron chi connectivity index (χ1n) is 7.69. The lowest BCUT2D eigenvalue weighted by Gasteiger charge is -2.36. The lowest BCUT2D eigenvalue weighted by molar-refractivity contribution is -0.0290. The van der Waals surface area contributed by atoms with Gasteiger partial charge in [-0.1, -0.05) is 0 Å². The fourth-order valence-corrected chi connectivity index (χ4v) is 2.83. The second-order valence-electron chi connectivity index (χ2n) is 6.39. The van der Waals surface area contributed by atoms with Crippen LogP contribution in [0.5, 0.6) is 0 Å². The molecule has 6 heteroatoms. The summed E-state index contributed by atoms with van der Waals surface area (Å²) in [5.74, 6) is -0.905. The van der Waals surface area contributed by atoms with E-state index in [1.165, 1.54) is 0 Å². The number of amides is 2. The van der Waals surface area contributed by atoms with E-state index in [4.69, 9.17) is 0 Å². The minimum Gasteiger partial charge on any atom is -0.388 e. The minimum atomic E-state index is -0.809. The largest absolute Gasteiger partial charge is 0.388 e. The summed E-state index contributed by atoms with van der Waals surface area (Å²) in [4.78, 5) is 12.0. The monoisotopic (exact) mass is 310 g/mol. The molecule has 0 radical (unpaired) electrons. The molecular weight excluding hydrogens is 290 g/mol. The SMILES string of the molecule is O=C(NCC1(O)CCC1)N[C@@H](c1cc(F)ccc1F)C1CC1. The van der Waals surface area contributed by atoms with Gasteiger partial charge in [0.2, 0.25) is 0 Å². The smallest absolute Gasteiger partial charge is 0.315 e. The van der Waals surface area contributed by atoms with Crippen molar-refractivity contribution in [3.8, 4) is 0 Å². The first-order valence-corrected chi connectivity index (χ1v) is 7.69. The van der Waals surface area contributed by atoms with E-state index in [9.17, 15) is 18.7 Å². The average molecular weight is 310 g/mol. The van der Waals surface area contributed by atoms with E-state index < -0.39 is 29.3 Å².